The summed E-state index contributed by atoms with van der Waals surface area (Å²) in [4.78, 5) is 20.7. The van der Waals surface area contributed by atoms with E-state index in [0.717, 1.165) is 22.0 Å². The zero-order valence-corrected chi connectivity index (χ0v) is 15.8. The highest BCUT2D eigenvalue weighted by atomic mass is 32.1. The standard InChI is InChI=1S/C20H16N4O3S/c1-26-18-4-2-3-15(9-18)19-23-16(11-28-19)10-27-20(25)14-5-7-17(8-6-14)24-13-21-12-22-24/h2-9,11-13H,10H2,1H3. The van der Waals surface area contributed by atoms with Gasteiger partial charge in [0.25, 0.3) is 0 Å². The third-order valence-electron chi connectivity index (χ3n) is 4.01. The van der Waals surface area contributed by atoms with Gasteiger partial charge in [0, 0.05) is 10.9 Å². The second kappa shape index (κ2) is 8.01. The van der Waals surface area contributed by atoms with Crippen molar-refractivity contribution in [1.29, 1.82) is 0 Å². The second-order valence-corrected chi connectivity index (χ2v) is 6.70. The number of hydrogen-bond donors (Lipinski definition) is 0. The van der Waals surface area contributed by atoms with Crippen LogP contribution in [0.3, 0.4) is 0 Å². The number of rotatable bonds is 6. The van der Waals surface area contributed by atoms with E-state index < -0.39 is 5.97 Å². The summed E-state index contributed by atoms with van der Waals surface area (Å²) in [7, 11) is 1.63. The molecule has 0 unspecified atom stereocenters. The highest BCUT2D eigenvalue weighted by Crippen LogP contribution is 2.27. The summed E-state index contributed by atoms with van der Waals surface area (Å²) in [5.74, 6) is 0.371. The number of ether oxygens (including phenoxy) is 2. The molecular formula is C20H16N4O3S. The monoisotopic (exact) mass is 392 g/mol. The molecule has 4 aromatic rings. The average Bonchev–Trinajstić information content (AvgIpc) is 3.44. The largest absolute Gasteiger partial charge is 0.497 e. The van der Waals surface area contributed by atoms with E-state index >= 15 is 0 Å². The maximum atomic E-state index is 12.3. The Morgan fingerprint density at radius 2 is 2.04 bits per heavy atom. The summed E-state index contributed by atoms with van der Waals surface area (Å²) in [5, 5.41) is 6.78. The van der Waals surface area contributed by atoms with E-state index in [-0.39, 0.29) is 6.61 Å². The van der Waals surface area contributed by atoms with Gasteiger partial charge in [-0.1, -0.05) is 12.1 Å². The van der Waals surface area contributed by atoms with Gasteiger partial charge in [-0.3, -0.25) is 0 Å². The molecule has 0 bridgehead atoms. The number of thiazole rings is 1. The first-order chi connectivity index (χ1) is 13.7. The summed E-state index contributed by atoms with van der Waals surface area (Å²) < 4.78 is 12.2. The highest BCUT2D eigenvalue weighted by Gasteiger charge is 2.11. The second-order valence-electron chi connectivity index (χ2n) is 5.84. The van der Waals surface area contributed by atoms with Crippen molar-refractivity contribution in [2.45, 2.75) is 6.61 Å². The van der Waals surface area contributed by atoms with Gasteiger partial charge >= 0.3 is 5.97 Å². The lowest BCUT2D eigenvalue weighted by molar-refractivity contribution is 0.0468. The molecule has 0 aliphatic rings. The van der Waals surface area contributed by atoms with Crippen LogP contribution in [0.1, 0.15) is 16.1 Å². The lowest BCUT2D eigenvalue weighted by Crippen LogP contribution is -2.06. The van der Waals surface area contributed by atoms with E-state index in [4.69, 9.17) is 9.47 Å². The topological polar surface area (TPSA) is 79.1 Å². The van der Waals surface area contributed by atoms with Crippen molar-refractivity contribution in [3.05, 3.63) is 77.8 Å². The summed E-state index contributed by atoms with van der Waals surface area (Å²) in [6.45, 7) is 0.115. The Morgan fingerprint density at radius 1 is 1.18 bits per heavy atom. The van der Waals surface area contributed by atoms with Crippen LogP contribution in [0.25, 0.3) is 16.3 Å². The average molecular weight is 392 g/mol. The van der Waals surface area contributed by atoms with E-state index in [9.17, 15) is 4.79 Å². The van der Waals surface area contributed by atoms with Crippen LogP contribution in [0.5, 0.6) is 5.75 Å². The van der Waals surface area contributed by atoms with E-state index in [1.165, 1.54) is 17.7 Å². The lowest BCUT2D eigenvalue weighted by atomic mass is 10.2. The van der Waals surface area contributed by atoms with Crippen LogP contribution in [0.15, 0.2) is 66.6 Å². The van der Waals surface area contributed by atoms with E-state index in [0.29, 0.717) is 11.3 Å². The van der Waals surface area contributed by atoms with Crippen molar-refractivity contribution in [3.63, 3.8) is 0 Å². The molecule has 28 heavy (non-hydrogen) atoms. The number of benzene rings is 2. The van der Waals surface area contributed by atoms with Gasteiger partial charge in [-0.2, -0.15) is 5.10 Å². The van der Waals surface area contributed by atoms with E-state index in [2.05, 4.69) is 15.1 Å². The smallest absolute Gasteiger partial charge is 0.338 e. The Balaban J connectivity index is 1.39. The SMILES string of the molecule is COc1cccc(-c2nc(COC(=O)c3ccc(-n4cncn4)cc3)cs2)c1. The Labute approximate surface area is 165 Å². The van der Waals surface area contributed by atoms with Crippen molar-refractivity contribution in [1.82, 2.24) is 19.7 Å². The van der Waals surface area contributed by atoms with Gasteiger partial charge in [-0.25, -0.2) is 19.4 Å². The van der Waals surface area contributed by atoms with Crippen molar-refractivity contribution in [3.8, 4) is 22.0 Å². The molecular weight excluding hydrogens is 376 g/mol. The van der Waals surface area contributed by atoms with Crippen molar-refractivity contribution in [2.75, 3.05) is 7.11 Å². The fourth-order valence-corrected chi connectivity index (χ4v) is 3.38. The van der Waals surface area contributed by atoms with Crippen LogP contribution in [0.2, 0.25) is 0 Å². The molecule has 4 rings (SSSR count). The molecule has 7 nitrogen and oxygen atoms in total. The van der Waals surface area contributed by atoms with Crippen molar-refractivity contribution in [2.24, 2.45) is 0 Å². The summed E-state index contributed by atoms with van der Waals surface area (Å²) in [6.07, 6.45) is 3.05. The molecule has 2 aromatic carbocycles. The van der Waals surface area contributed by atoms with Crippen LogP contribution >= 0.6 is 11.3 Å². The Morgan fingerprint density at radius 3 is 2.79 bits per heavy atom. The Hall–Kier alpha value is -3.52. The van der Waals surface area contributed by atoms with Gasteiger partial charge in [-0.15, -0.1) is 11.3 Å². The molecule has 8 heteroatoms. The number of nitrogens with zero attached hydrogens (tertiary/aromatic N) is 4. The number of carbonyl (C=O) groups is 1. The normalized spacial score (nSPS) is 10.6. The summed E-state index contributed by atoms with van der Waals surface area (Å²) >= 11 is 1.50. The molecule has 2 heterocycles. The highest BCUT2D eigenvalue weighted by molar-refractivity contribution is 7.13. The van der Waals surface area contributed by atoms with Gasteiger partial charge in [0.1, 0.15) is 30.0 Å². The first kappa shape index (κ1) is 17.9. The molecule has 0 atom stereocenters. The molecule has 0 aliphatic heterocycles. The molecule has 0 radical (unpaired) electrons. The number of aromatic nitrogens is 4. The third kappa shape index (κ3) is 3.91. The van der Waals surface area contributed by atoms with Gasteiger partial charge in [0.15, 0.2) is 0 Å². The predicted molar refractivity (Wildman–Crippen MR) is 105 cm³/mol. The number of hydrogen-bond acceptors (Lipinski definition) is 7. The molecule has 0 saturated heterocycles. The van der Waals surface area contributed by atoms with Gasteiger partial charge < -0.3 is 9.47 Å². The van der Waals surface area contributed by atoms with E-state index in [1.54, 1.807) is 42.4 Å². The van der Waals surface area contributed by atoms with Gasteiger partial charge in [0.05, 0.1) is 24.1 Å². The first-order valence-electron chi connectivity index (χ1n) is 8.44. The maximum absolute atomic E-state index is 12.3. The fourth-order valence-electron chi connectivity index (χ4n) is 2.58. The Bertz CT molecular complexity index is 1080. The lowest BCUT2D eigenvalue weighted by Gasteiger charge is -2.05. The summed E-state index contributed by atoms with van der Waals surface area (Å²) in [6, 6.07) is 14.7. The zero-order valence-electron chi connectivity index (χ0n) is 15.0. The molecule has 0 fully saturated rings. The minimum atomic E-state index is -0.402. The molecule has 2 aromatic heterocycles. The molecule has 0 saturated carbocycles. The molecule has 0 amide bonds. The van der Waals surface area contributed by atoms with Crippen LogP contribution in [0.4, 0.5) is 0 Å². The third-order valence-corrected chi connectivity index (χ3v) is 4.95. The van der Waals surface area contributed by atoms with Crippen LogP contribution in [-0.4, -0.2) is 32.8 Å². The van der Waals surface area contributed by atoms with Crippen molar-refractivity contribution >= 4 is 17.3 Å². The van der Waals surface area contributed by atoms with E-state index in [1.807, 2.05) is 29.6 Å². The number of esters is 1. The number of carbonyl (C=O) groups excluding carboxylic acids is 1. The molecule has 140 valence electrons. The van der Waals surface area contributed by atoms with Gasteiger partial charge in [0.2, 0.25) is 0 Å². The van der Waals surface area contributed by atoms with Crippen LogP contribution in [0, 0.1) is 0 Å². The van der Waals surface area contributed by atoms with Crippen LogP contribution in [-0.2, 0) is 11.3 Å². The zero-order chi connectivity index (χ0) is 19.3. The Kier molecular flexibility index (Phi) is 5.11. The minimum Gasteiger partial charge on any atom is -0.497 e. The summed E-state index contributed by atoms with van der Waals surface area (Å²) in [5.41, 5.74) is 2.95. The predicted octanol–water partition coefficient (Wildman–Crippen LogP) is 3.76. The molecule has 0 aliphatic carbocycles. The minimum absolute atomic E-state index is 0.115. The molecule has 0 N–H and O–H groups in total. The van der Waals surface area contributed by atoms with Crippen molar-refractivity contribution < 1.29 is 14.3 Å². The van der Waals surface area contributed by atoms with Gasteiger partial charge in [-0.05, 0) is 36.4 Å². The first-order valence-corrected chi connectivity index (χ1v) is 9.32. The number of methoxy groups -OCH3 is 1. The maximum Gasteiger partial charge on any atom is 0.338 e. The molecule has 0 spiro atoms. The van der Waals surface area contributed by atoms with Crippen LogP contribution < -0.4 is 4.74 Å². The quantitative estimate of drug-likeness (QED) is 0.465. The fraction of sp³-hybridized carbons (Fsp3) is 0.100.